The third kappa shape index (κ3) is 2.84. The van der Waals surface area contributed by atoms with Crippen LogP contribution in [0.4, 0.5) is 8.78 Å². The van der Waals surface area contributed by atoms with E-state index in [1.807, 2.05) is 0 Å². The second-order valence-electron chi connectivity index (χ2n) is 3.97. The third-order valence-electron chi connectivity index (χ3n) is 2.49. The Morgan fingerprint density at radius 3 is 2.50 bits per heavy atom. The van der Waals surface area contributed by atoms with Gasteiger partial charge in [0.15, 0.2) is 0 Å². The summed E-state index contributed by atoms with van der Waals surface area (Å²) in [6.07, 6.45) is 0. The molecule has 2 rings (SSSR count). The second-order valence-corrected chi connectivity index (χ2v) is 3.97. The Morgan fingerprint density at radius 1 is 1.06 bits per heavy atom. The van der Waals surface area contributed by atoms with Crippen molar-refractivity contribution in [2.24, 2.45) is 0 Å². The van der Waals surface area contributed by atoms with E-state index in [1.54, 1.807) is 19.1 Å². The lowest BCUT2D eigenvalue weighted by Crippen LogP contribution is -1.91. The predicted octanol–water partition coefficient (Wildman–Crippen LogP) is 3.56. The van der Waals surface area contributed by atoms with Gasteiger partial charge in [-0.1, -0.05) is 6.07 Å². The van der Waals surface area contributed by atoms with Crippen LogP contribution in [0.2, 0.25) is 0 Å². The summed E-state index contributed by atoms with van der Waals surface area (Å²) in [5, 5.41) is 8.95. The molecular formula is C14H12F2O2. The van der Waals surface area contributed by atoms with E-state index in [9.17, 15) is 8.78 Å². The van der Waals surface area contributed by atoms with Crippen molar-refractivity contribution in [3.05, 3.63) is 59.2 Å². The number of aryl methyl sites for hydroxylation is 1. The van der Waals surface area contributed by atoms with Crippen LogP contribution in [0.5, 0.6) is 11.5 Å². The fourth-order valence-electron chi connectivity index (χ4n) is 1.54. The van der Waals surface area contributed by atoms with Crippen LogP contribution in [0.25, 0.3) is 0 Å². The molecule has 0 saturated heterocycles. The second kappa shape index (κ2) is 5.14. The lowest BCUT2D eigenvalue weighted by molar-refractivity contribution is 0.280. The smallest absolute Gasteiger partial charge is 0.130 e. The highest BCUT2D eigenvalue weighted by atomic mass is 19.1. The topological polar surface area (TPSA) is 29.5 Å². The fraction of sp³-hybridized carbons (Fsp3) is 0.143. The molecule has 0 spiro atoms. The van der Waals surface area contributed by atoms with Crippen molar-refractivity contribution in [1.82, 2.24) is 0 Å². The van der Waals surface area contributed by atoms with Gasteiger partial charge in [0.25, 0.3) is 0 Å². The zero-order chi connectivity index (χ0) is 13.1. The first kappa shape index (κ1) is 12.5. The first-order valence-corrected chi connectivity index (χ1v) is 5.43. The molecule has 0 radical (unpaired) electrons. The van der Waals surface area contributed by atoms with Gasteiger partial charge in [0.05, 0.1) is 6.61 Å². The highest BCUT2D eigenvalue weighted by Gasteiger charge is 2.05. The number of hydrogen-bond acceptors (Lipinski definition) is 2. The number of aliphatic hydroxyl groups is 1. The van der Waals surface area contributed by atoms with Crippen LogP contribution in [-0.4, -0.2) is 5.11 Å². The van der Waals surface area contributed by atoms with E-state index in [4.69, 9.17) is 9.84 Å². The summed E-state index contributed by atoms with van der Waals surface area (Å²) in [7, 11) is 0. The van der Waals surface area contributed by atoms with Gasteiger partial charge >= 0.3 is 0 Å². The van der Waals surface area contributed by atoms with Gasteiger partial charge in [0, 0.05) is 12.1 Å². The molecule has 0 atom stereocenters. The summed E-state index contributed by atoms with van der Waals surface area (Å²) in [5.74, 6) is -0.384. The summed E-state index contributed by atoms with van der Waals surface area (Å²) in [6.45, 7) is 1.36. The Morgan fingerprint density at radius 2 is 1.83 bits per heavy atom. The summed E-state index contributed by atoms with van der Waals surface area (Å²) in [5.41, 5.74) is 0.912. The van der Waals surface area contributed by atoms with Gasteiger partial charge in [0.1, 0.15) is 23.1 Å². The number of rotatable bonds is 3. The van der Waals surface area contributed by atoms with Crippen molar-refractivity contribution < 1.29 is 18.6 Å². The molecule has 0 aliphatic heterocycles. The quantitative estimate of drug-likeness (QED) is 0.902. The highest BCUT2D eigenvalue weighted by Crippen LogP contribution is 2.25. The molecule has 0 saturated carbocycles. The minimum Gasteiger partial charge on any atom is -0.457 e. The first-order valence-electron chi connectivity index (χ1n) is 5.43. The normalized spacial score (nSPS) is 10.4. The SMILES string of the molecule is Cc1ccc(Oc2cc(F)cc(CO)c2)cc1F. The maximum atomic E-state index is 13.3. The zero-order valence-corrected chi connectivity index (χ0v) is 9.78. The fourth-order valence-corrected chi connectivity index (χ4v) is 1.54. The van der Waals surface area contributed by atoms with Crippen LogP contribution in [0.15, 0.2) is 36.4 Å². The van der Waals surface area contributed by atoms with Gasteiger partial charge in [-0.05, 0) is 36.2 Å². The Bertz CT molecular complexity index is 568. The summed E-state index contributed by atoms with van der Waals surface area (Å²) < 4.78 is 31.9. The predicted molar refractivity (Wildman–Crippen MR) is 63.5 cm³/mol. The Hall–Kier alpha value is -1.94. The Kier molecular flexibility index (Phi) is 3.58. The van der Waals surface area contributed by atoms with Crippen LogP contribution in [-0.2, 0) is 6.61 Å². The molecule has 0 heterocycles. The molecule has 4 heteroatoms. The molecule has 0 aliphatic carbocycles. The van der Waals surface area contributed by atoms with Crippen molar-refractivity contribution in [3.63, 3.8) is 0 Å². The van der Waals surface area contributed by atoms with Crippen molar-refractivity contribution in [3.8, 4) is 11.5 Å². The standard InChI is InChI=1S/C14H12F2O2/c1-9-2-3-12(7-14(9)16)18-13-5-10(8-17)4-11(15)6-13/h2-7,17H,8H2,1H3. The van der Waals surface area contributed by atoms with Gasteiger partial charge in [-0.15, -0.1) is 0 Å². The lowest BCUT2D eigenvalue weighted by atomic mass is 10.2. The number of aliphatic hydroxyl groups excluding tert-OH is 1. The highest BCUT2D eigenvalue weighted by molar-refractivity contribution is 5.36. The van der Waals surface area contributed by atoms with Crippen molar-refractivity contribution in [1.29, 1.82) is 0 Å². The maximum Gasteiger partial charge on any atom is 0.130 e. The molecule has 0 fully saturated rings. The molecule has 18 heavy (non-hydrogen) atoms. The number of benzene rings is 2. The summed E-state index contributed by atoms with van der Waals surface area (Å²) in [6, 6.07) is 8.30. The Balaban J connectivity index is 2.27. The Labute approximate surface area is 103 Å². The van der Waals surface area contributed by atoms with E-state index in [0.717, 1.165) is 0 Å². The molecule has 0 amide bonds. The molecule has 0 aliphatic rings. The summed E-state index contributed by atoms with van der Waals surface area (Å²) in [4.78, 5) is 0. The van der Waals surface area contributed by atoms with E-state index in [0.29, 0.717) is 11.1 Å². The minimum absolute atomic E-state index is 0.224. The molecule has 0 aromatic heterocycles. The van der Waals surface area contributed by atoms with E-state index >= 15 is 0 Å². The molecule has 2 aromatic carbocycles. The minimum atomic E-state index is -0.510. The first-order chi connectivity index (χ1) is 8.58. The lowest BCUT2D eigenvalue weighted by Gasteiger charge is -2.08. The largest absolute Gasteiger partial charge is 0.457 e. The number of ether oxygens (including phenoxy) is 1. The molecule has 2 aromatic rings. The molecule has 2 nitrogen and oxygen atoms in total. The average Bonchev–Trinajstić information content (AvgIpc) is 2.33. The monoisotopic (exact) mass is 250 g/mol. The van der Waals surface area contributed by atoms with Crippen LogP contribution in [0, 0.1) is 18.6 Å². The molecule has 1 N–H and O–H groups in total. The molecule has 94 valence electrons. The maximum absolute atomic E-state index is 13.3. The molecule has 0 unspecified atom stereocenters. The zero-order valence-electron chi connectivity index (χ0n) is 9.78. The summed E-state index contributed by atoms with van der Waals surface area (Å²) >= 11 is 0. The third-order valence-corrected chi connectivity index (χ3v) is 2.49. The van der Waals surface area contributed by atoms with Crippen LogP contribution >= 0.6 is 0 Å². The number of halogens is 2. The average molecular weight is 250 g/mol. The van der Waals surface area contributed by atoms with Crippen LogP contribution in [0.1, 0.15) is 11.1 Å². The van der Waals surface area contributed by atoms with Crippen molar-refractivity contribution in [2.45, 2.75) is 13.5 Å². The van der Waals surface area contributed by atoms with E-state index < -0.39 is 5.82 Å². The molecular weight excluding hydrogens is 238 g/mol. The van der Waals surface area contributed by atoms with Gasteiger partial charge in [-0.3, -0.25) is 0 Å². The van der Waals surface area contributed by atoms with E-state index in [-0.39, 0.29) is 23.9 Å². The van der Waals surface area contributed by atoms with Gasteiger partial charge < -0.3 is 9.84 Å². The van der Waals surface area contributed by atoms with Crippen molar-refractivity contribution >= 4 is 0 Å². The van der Waals surface area contributed by atoms with Crippen molar-refractivity contribution in [2.75, 3.05) is 0 Å². The van der Waals surface area contributed by atoms with Crippen LogP contribution < -0.4 is 4.74 Å². The molecule has 0 bridgehead atoms. The number of hydrogen-bond donors (Lipinski definition) is 1. The van der Waals surface area contributed by atoms with Gasteiger partial charge in [-0.2, -0.15) is 0 Å². The van der Waals surface area contributed by atoms with E-state index in [1.165, 1.54) is 24.3 Å². The van der Waals surface area contributed by atoms with Gasteiger partial charge in [-0.25, -0.2) is 8.78 Å². The van der Waals surface area contributed by atoms with Gasteiger partial charge in [0.2, 0.25) is 0 Å². The van der Waals surface area contributed by atoms with Crippen LogP contribution in [0.3, 0.4) is 0 Å². The van der Waals surface area contributed by atoms with E-state index in [2.05, 4.69) is 0 Å².